The molecule has 1 rings (SSSR count). The first kappa shape index (κ1) is 11.7. The van der Waals surface area contributed by atoms with Crippen molar-refractivity contribution in [1.29, 1.82) is 0 Å². The van der Waals surface area contributed by atoms with Crippen LogP contribution < -0.4 is 5.73 Å². The van der Waals surface area contributed by atoms with Crippen LogP contribution in [0.5, 0.6) is 0 Å². The molecule has 2 N–H and O–H groups in total. The van der Waals surface area contributed by atoms with Crippen LogP contribution in [-0.2, 0) is 16.0 Å². The van der Waals surface area contributed by atoms with Gasteiger partial charge in [0.05, 0.1) is 13.0 Å². The number of esters is 1. The normalized spacial score (nSPS) is 12.2. The van der Waals surface area contributed by atoms with Crippen molar-refractivity contribution in [2.75, 3.05) is 13.7 Å². The molecule has 1 unspecified atom stereocenters. The summed E-state index contributed by atoms with van der Waals surface area (Å²) in [6.07, 6.45) is 2.31. The van der Waals surface area contributed by atoms with Crippen LogP contribution in [0.3, 0.4) is 0 Å². The first-order valence-corrected chi connectivity index (χ1v) is 4.86. The Hall–Kier alpha value is -1.42. The molecule has 0 saturated heterocycles. The van der Waals surface area contributed by atoms with Crippen LogP contribution >= 0.6 is 0 Å². The molecule has 0 radical (unpaired) electrons. The van der Waals surface area contributed by atoms with Gasteiger partial charge in [-0.1, -0.05) is 6.07 Å². The topological polar surface area (TPSA) is 65.2 Å². The van der Waals surface area contributed by atoms with Gasteiger partial charge >= 0.3 is 5.97 Å². The molecule has 0 amide bonds. The van der Waals surface area contributed by atoms with Crippen molar-refractivity contribution in [3.05, 3.63) is 29.6 Å². The Balaban J connectivity index is 2.66. The molecule has 4 heteroatoms. The number of carbonyl (C=O) groups is 1. The van der Waals surface area contributed by atoms with Gasteiger partial charge in [0.15, 0.2) is 0 Å². The lowest BCUT2D eigenvalue weighted by molar-refractivity contribution is -0.145. The lowest BCUT2D eigenvalue weighted by Gasteiger charge is -2.11. The summed E-state index contributed by atoms with van der Waals surface area (Å²) >= 11 is 0. The number of ether oxygens (including phenoxy) is 1. The first-order chi connectivity index (χ1) is 7.17. The highest BCUT2D eigenvalue weighted by Gasteiger charge is 2.18. The Morgan fingerprint density at radius 3 is 2.80 bits per heavy atom. The zero-order valence-corrected chi connectivity index (χ0v) is 9.06. The average Bonchev–Trinajstić information content (AvgIpc) is 2.27. The van der Waals surface area contributed by atoms with Crippen molar-refractivity contribution in [2.24, 2.45) is 11.7 Å². The van der Waals surface area contributed by atoms with Crippen molar-refractivity contribution < 1.29 is 9.53 Å². The minimum atomic E-state index is -0.301. The number of aryl methyl sites for hydroxylation is 1. The van der Waals surface area contributed by atoms with E-state index in [9.17, 15) is 4.79 Å². The van der Waals surface area contributed by atoms with E-state index in [1.165, 1.54) is 7.11 Å². The number of aromatic nitrogens is 1. The van der Waals surface area contributed by atoms with Crippen LogP contribution in [0.25, 0.3) is 0 Å². The first-order valence-electron chi connectivity index (χ1n) is 4.86. The molecule has 0 bridgehead atoms. The van der Waals surface area contributed by atoms with Crippen molar-refractivity contribution in [3.8, 4) is 0 Å². The maximum atomic E-state index is 11.3. The lowest BCUT2D eigenvalue weighted by atomic mass is 10.0. The van der Waals surface area contributed by atoms with Crippen LogP contribution in [0, 0.1) is 12.8 Å². The van der Waals surface area contributed by atoms with E-state index in [0.717, 1.165) is 11.3 Å². The Bertz CT molecular complexity index is 322. The molecule has 4 nitrogen and oxygen atoms in total. The molecule has 1 aromatic rings. The minimum absolute atomic E-state index is 0.278. The quantitative estimate of drug-likeness (QED) is 0.739. The second-order valence-electron chi connectivity index (χ2n) is 3.49. The molecule has 0 aliphatic heterocycles. The van der Waals surface area contributed by atoms with Gasteiger partial charge < -0.3 is 10.5 Å². The maximum absolute atomic E-state index is 11.3. The molecular formula is C11H16N2O2. The van der Waals surface area contributed by atoms with Gasteiger partial charge in [0, 0.05) is 24.9 Å². The third-order valence-electron chi connectivity index (χ3n) is 2.25. The second kappa shape index (κ2) is 5.46. The van der Waals surface area contributed by atoms with Crippen molar-refractivity contribution in [1.82, 2.24) is 4.98 Å². The van der Waals surface area contributed by atoms with E-state index in [1.54, 1.807) is 6.20 Å². The number of hydrogen-bond donors (Lipinski definition) is 1. The fourth-order valence-corrected chi connectivity index (χ4v) is 1.30. The van der Waals surface area contributed by atoms with Crippen LogP contribution in [0.4, 0.5) is 0 Å². The molecule has 15 heavy (non-hydrogen) atoms. The zero-order chi connectivity index (χ0) is 11.3. The van der Waals surface area contributed by atoms with E-state index >= 15 is 0 Å². The summed E-state index contributed by atoms with van der Waals surface area (Å²) in [4.78, 5) is 15.5. The van der Waals surface area contributed by atoms with E-state index in [4.69, 9.17) is 5.73 Å². The molecule has 0 saturated carbocycles. The Labute approximate surface area is 89.5 Å². The van der Waals surface area contributed by atoms with Gasteiger partial charge in [0.2, 0.25) is 0 Å². The maximum Gasteiger partial charge on any atom is 0.310 e. The summed E-state index contributed by atoms with van der Waals surface area (Å²) in [5, 5.41) is 0. The Morgan fingerprint density at radius 1 is 1.60 bits per heavy atom. The summed E-state index contributed by atoms with van der Waals surface area (Å²) in [6, 6.07) is 3.87. The Kier molecular flexibility index (Phi) is 4.24. The van der Waals surface area contributed by atoms with Crippen LogP contribution in [0.1, 0.15) is 11.3 Å². The van der Waals surface area contributed by atoms with Crippen LogP contribution in [-0.4, -0.2) is 24.6 Å². The predicted octanol–water partition coefficient (Wildman–Crippen LogP) is 0.680. The predicted molar refractivity (Wildman–Crippen MR) is 57.2 cm³/mol. The van der Waals surface area contributed by atoms with Gasteiger partial charge in [-0.2, -0.15) is 0 Å². The molecule has 0 aliphatic rings. The van der Waals surface area contributed by atoms with Crippen molar-refractivity contribution in [3.63, 3.8) is 0 Å². The number of hydrogen-bond acceptors (Lipinski definition) is 4. The van der Waals surface area contributed by atoms with Crippen LogP contribution in [0.15, 0.2) is 18.3 Å². The highest BCUT2D eigenvalue weighted by molar-refractivity contribution is 5.72. The summed E-state index contributed by atoms with van der Waals surface area (Å²) in [5.41, 5.74) is 7.46. The molecule has 0 spiro atoms. The number of pyridine rings is 1. The molecule has 1 aromatic heterocycles. The van der Waals surface area contributed by atoms with Gasteiger partial charge in [-0.25, -0.2) is 0 Å². The zero-order valence-electron chi connectivity index (χ0n) is 9.06. The fraction of sp³-hybridized carbons (Fsp3) is 0.455. The average molecular weight is 208 g/mol. The van der Waals surface area contributed by atoms with E-state index in [2.05, 4.69) is 9.72 Å². The highest BCUT2D eigenvalue weighted by atomic mass is 16.5. The molecule has 82 valence electrons. The van der Waals surface area contributed by atoms with E-state index in [0.29, 0.717) is 6.42 Å². The van der Waals surface area contributed by atoms with Crippen molar-refractivity contribution in [2.45, 2.75) is 13.3 Å². The van der Waals surface area contributed by atoms with Gasteiger partial charge in [-0.15, -0.1) is 0 Å². The lowest BCUT2D eigenvalue weighted by Crippen LogP contribution is -2.27. The molecular weight excluding hydrogens is 192 g/mol. The fourth-order valence-electron chi connectivity index (χ4n) is 1.30. The standard InChI is InChI=1S/C11H16N2O2/c1-8-3-4-10(13-7-8)5-9(6-12)11(14)15-2/h3-4,7,9H,5-6,12H2,1-2H3. The number of nitrogens with zero attached hydrogens (tertiary/aromatic N) is 1. The van der Waals surface area contributed by atoms with E-state index < -0.39 is 0 Å². The van der Waals surface area contributed by atoms with E-state index in [-0.39, 0.29) is 18.4 Å². The SMILES string of the molecule is COC(=O)C(CN)Cc1ccc(C)cn1. The highest BCUT2D eigenvalue weighted by Crippen LogP contribution is 2.07. The number of methoxy groups -OCH3 is 1. The van der Waals surface area contributed by atoms with Crippen molar-refractivity contribution >= 4 is 5.97 Å². The monoisotopic (exact) mass is 208 g/mol. The molecule has 1 heterocycles. The van der Waals surface area contributed by atoms with Gasteiger partial charge in [0.1, 0.15) is 0 Å². The van der Waals surface area contributed by atoms with Gasteiger partial charge in [-0.3, -0.25) is 9.78 Å². The minimum Gasteiger partial charge on any atom is -0.469 e. The Morgan fingerprint density at radius 2 is 2.33 bits per heavy atom. The summed E-state index contributed by atoms with van der Waals surface area (Å²) in [5.74, 6) is -0.579. The molecule has 0 fully saturated rings. The van der Waals surface area contributed by atoms with Gasteiger partial charge in [-0.05, 0) is 18.6 Å². The number of carbonyl (C=O) groups excluding carboxylic acids is 1. The summed E-state index contributed by atoms with van der Waals surface area (Å²) in [7, 11) is 1.37. The summed E-state index contributed by atoms with van der Waals surface area (Å²) in [6.45, 7) is 2.25. The third-order valence-corrected chi connectivity index (χ3v) is 2.25. The van der Waals surface area contributed by atoms with Crippen LogP contribution in [0.2, 0.25) is 0 Å². The molecule has 1 atom stereocenters. The third kappa shape index (κ3) is 3.32. The number of rotatable bonds is 4. The molecule has 0 aliphatic carbocycles. The largest absolute Gasteiger partial charge is 0.469 e. The smallest absolute Gasteiger partial charge is 0.310 e. The molecule has 0 aromatic carbocycles. The summed E-state index contributed by atoms with van der Waals surface area (Å²) < 4.78 is 4.65. The number of nitrogens with two attached hydrogens (primary N) is 1. The van der Waals surface area contributed by atoms with E-state index in [1.807, 2.05) is 19.1 Å². The van der Waals surface area contributed by atoms with Gasteiger partial charge in [0.25, 0.3) is 0 Å². The second-order valence-corrected chi connectivity index (χ2v) is 3.49.